The number of nitrogens with two attached hydrogens (primary N) is 1. The number of hydrogen-bond acceptors (Lipinski definition) is 4. The Balaban J connectivity index is 3.03. The molecule has 1 aromatic rings. The number of thiocarbonyl (C=S) groups is 1. The Bertz CT molecular complexity index is 518. The summed E-state index contributed by atoms with van der Waals surface area (Å²) in [6.07, 6.45) is 0. The smallest absolute Gasteiger partial charge is 0.239 e. The topological polar surface area (TPSA) is 58.4 Å². The quantitative estimate of drug-likeness (QED) is 0.595. The summed E-state index contributed by atoms with van der Waals surface area (Å²) in [5.74, 6) is 0.923. The molecule has 1 rings (SSSR count). The van der Waals surface area contributed by atoms with Crippen LogP contribution in [0.3, 0.4) is 0 Å². The number of likely N-dealkylation sites (N-methyl/N-ethyl adjacent to an activating group) is 1. The van der Waals surface area contributed by atoms with E-state index in [0.29, 0.717) is 4.99 Å². The first-order chi connectivity index (χ1) is 9.86. The van der Waals surface area contributed by atoms with Crippen LogP contribution in [0.2, 0.25) is 0 Å². The minimum absolute atomic E-state index is 0.0186. The van der Waals surface area contributed by atoms with Crippen LogP contribution in [-0.2, 0) is 4.79 Å². The van der Waals surface area contributed by atoms with Crippen LogP contribution >= 0.6 is 24.0 Å². The predicted molar refractivity (Wildman–Crippen MR) is 95.3 cm³/mol. The molecule has 0 aliphatic rings. The molecule has 0 heterocycles. The van der Waals surface area contributed by atoms with Crippen molar-refractivity contribution >= 4 is 40.6 Å². The van der Waals surface area contributed by atoms with Gasteiger partial charge in [-0.1, -0.05) is 25.2 Å². The van der Waals surface area contributed by atoms with Gasteiger partial charge in [-0.3, -0.25) is 4.79 Å². The van der Waals surface area contributed by atoms with E-state index in [1.165, 1.54) is 0 Å². The van der Waals surface area contributed by atoms with E-state index in [4.69, 9.17) is 18.0 Å². The fourth-order valence-corrected chi connectivity index (χ4v) is 3.15. The van der Waals surface area contributed by atoms with Crippen molar-refractivity contribution in [3.63, 3.8) is 0 Å². The van der Waals surface area contributed by atoms with E-state index in [0.717, 1.165) is 21.9 Å². The summed E-state index contributed by atoms with van der Waals surface area (Å²) in [5.41, 5.74) is 7.62. The van der Waals surface area contributed by atoms with Gasteiger partial charge in [0.15, 0.2) is 0 Å². The van der Waals surface area contributed by atoms with E-state index < -0.39 is 0 Å². The molecule has 4 nitrogen and oxygen atoms in total. The average molecular weight is 326 g/mol. The monoisotopic (exact) mass is 325 g/mol. The molecule has 0 atom stereocenters. The van der Waals surface area contributed by atoms with Crippen LogP contribution in [0.1, 0.15) is 26.3 Å². The first-order valence-electron chi connectivity index (χ1n) is 6.92. The van der Waals surface area contributed by atoms with Gasteiger partial charge in [-0.25, -0.2) is 0 Å². The van der Waals surface area contributed by atoms with Gasteiger partial charge in [-0.05, 0) is 31.7 Å². The number of hydrogen-bond donors (Lipinski definition) is 2. The summed E-state index contributed by atoms with van der Waals surface area (Å²) in [4.78, 5) is 15.2. The van der Waals surface area contributed by atoms with Crippen molar-refractivity contribution in [1.29, 1.82) is 0 Å². The average Bonchev–Trinajstić information content (AvgIpc) is 2.37. The van der Waals surface area contributed by atoms with Gasteiger partial charge in [0.25, 0.3) is 0 Å². The SMILES string of the molecule is CCSc1cccc(N(C)CC(=O)NC(C)C)c1C(N)=S. The molecule has 0 saturated carbocycles. The Kier molecular flexibility index (Phi) is 6.98. The number of thioether (sulfide) groups is 1. The molecule has 0 bridgehead atoms. The summed E-state index contributed by atoms with van der Waals surface area (Å²) in [6, 6.07) is 6.04. The Morgan fingerprint density at radius 1 is 1.48 bits per heavy atom. The van der Waals surface area contributed by atoms with Crippen LogP contribution in [0, 0.1) is 0 Å². The molecule has 0 unspecified atom stereocenters. The lowest BCUT2D eigenvalue weighted by molar-refractivity contribution is -0.120. The maximum atomic E-state index is 11.9. The van der Waals surface area contributed by atoms with Crippen molar-refractivity contribution in [2.24, 2.45) is 5.73 Å². The van der Waals surface area contributed by atoms with Crippen molar-refractivity contribution in [3.05, 3.63) is 23.8 Å². The van der Waals surface area contributed by atoms with Gasteiger partial charge in [0.05, 0.1) is 6.54 Å². The lowest BCUT2D eigenvalue weighted by Crippen LogP contribution is -2.39. The van der Waals surface area contributed by atoms with Crippen molar-refractivity contribution in [3.8, 4) is 0 Å². The van der Waals surface area contributed by atoms with Crippen molar-refractivity contribution < 1.29 is 4.79 Å². The largest absolute Gasteiger partial charge is 0.389 e. The highest BCUT2D eigenvalue weighted by Gasteiger charge is 2.16. The molecule has 0 radical (unpaired) electrons. The zero-order chi connectivity index (χ0) is 16.0. The summed E-state index contributed by atoms with van der Waals surface area (Å²) in [5, 5.41) is 2.88. The molecule has 0 aromatic heterocycles. The zero-order valence-corrected chi connectivity index (χ0v) is 14.6. The third kappa shape index (κ3) is 5.21. The van der Waals surface area contributed by atoms with E-state index in [1.54, 1.807) is 11.8 Å². The molecular formula is C15H23N3OS2. The molecule has 0 spiro atoms. The highest BCUT2D eigenvalue weighted by Crippen LogP contribution is 2.30. The maximum Gasteiger partial charge on any atom is 0.239 e. The zero-order valence-electron chi connectivity index (χ0n) is 13.0. The lowest BCUT2D eigenvalue weighted by Gasteiger charge is -2.23. The molecule has 3 N–H and O–H groups in total. The normalized spacial score (nSPS) is 10.5. The first-order valence-corrected chi connectivity index (χ1v) is 8.32. The molecule has 0 fully saturated rings. The first kappa shape index (κ1) is 17.8. The predicted octanol–water partition coefficient (Wildman–Crippen LogP) is 2.39. The van der Waals surface area contributed by atoms with Crippen LogP contribution in [0.15, 0.2) is 23.1 Å². The number of benzene rings is 1. The number of nitrogens with zero attached hydrogens (tertiary/aromatic N) is 1. The van der Waals surface area contributed by atoms with E-state index >= 15 is 0 Å². The number of carbonyl (C=O) groups excluding carboxylic acids is 1. The number of anilines is 1. The molecule has 1 aromatic carbocycles. The minimum Gasteiger partial charge on any atom is -0.389 e. The third-order valence-corrected chi connectivity index (χ3v) is 3.94. The fourth-order valence-electron chi connectivity index (χ4n) is 2.03. The van der Waals surface area contributed by atoms with Gasteiger partial charge in [0.1, 0.15) is 4.99 Å². The summed E-state index contributed by atoms with van der Waals surface area (Å²) < 4.78 is 0. The molecule has 0 saturated heterocycles. The van der Waals surface area contributed by atoms with Crippen LogP contribution in [0.25, 0.3) is 0 Å². The van der Waals surface area contributed by atoms with Crippen molar-refractivity contribution in [2.75, 3.05) is 24.2 Å². The number of rotatable bonds is 7. The molecule has 6 heteroatoms. The second-order valence-corrected chi connectivity index (χ2v) is 6.77. The third-order valence-electron chi connectivity index (χ3n) is 2.79. The Morgan fingerprint density at radius 2 is 2.14 bits per heavy atom. The molecular weight excluding hydrogens is 302 g/mol. The van der Waals surface area contributed by atoms with Crippen LogP contribution in [-0.4, -0.2) is 36.3 Å². The Morgan fingerprint density at radius 3 is 2.67 bits per heavy atom. The van der Waals surface area contributed by atoms with Crippen molar-refractivity contribution in [2.45, 2.75) is 31.7 Å². The lowest BCUT2D eigenvalue weighted by atomic mass is 10.1. The molecule has 21 heavy (non-hydrogen) atoms. The van der Waals surface area contributed by atoms with E-state index in [2.05, 4.69) is 12.2 Å². The number of nitrogens with one attached hydrogen (secondary N) is 1. The summed E-state index contributed by atoms with van der Waals surface area (Å²) in [6.45, 7) is 6.24. The van der Waals surface area contributed by atoms with E-state index in [9.17, 15) is 4.79 Å². The fraction of sp³-hybridized carbons (Fsp3) is 0.467. The van der Waals surface area contributed by atoms with E-state index in [1.807, 2.05) is 44.0 Å². The van der Waals surface area contributed by atoms with Crippen LogP contribution in [0.5, 0.6) is 0 Å². The van der Waals surface area contributed by atoms with E-state index in [-0.39, 0.29) is 18.5 Å². The molecule has 0 aliphatic heterocycles. The minimum atomic E-state index is -0.0186. The molecule has 1 amide bonds. The van der Waals surface area contributed by atoms with Crippen molar-refractivity contribution in [1.82, 2.24) is 5.32 Å². The van der Waals surface area contributed by atoms with Gasteiger partial charge in [0, 0.05) is 29.2 Å². The second-order valence-electron chi connectivity index (χ2n) is 5.03. The van der Waals surface area contributed by atoms with Crippen LogP contribution in [0.4, 0.5) is 5.69 Å². The van der Waals surface area contributed by atoms with Gasteiger partial charge >= 0.3 is 0 Å². The summed E-state index contributed by atoms with van der Waals surface area (Å²) >= 11 is 6.89. The summed E-state index contributed by atoms with van der Waals surface area (Å²) in [7, 11) is 1.87. The highest BCUT2D eigenvalue weighted by atomic mass is 32.2. The van der Waals surface area contributed by atoms with Crippen LogP contribution < -0.4 is 16.0 Å². The van der Waals surface area contributed by atoms with Gasteiger partial charge in [0.2, 0.25) is 5.91 Å². The van der Waals surface area contributed by atoms with Gasteiger partial charge in [-0.15, -0.1) is 11.8 Å². The second kappa shape index (κ2) is 8.24. The molecule has 116 valence electrons. The van der Waals surface area contributed by atoms with Gasteiger partial charge < -0.3 is 16.0 Å². The Hall–Kier alpha value is -1.27. The highest BCUT2D eigenvalue weighted by molar-refractivity contribution is 7.99. The maximum absolute atomic E-state index is 11.9. The number of amides is 1. The Labute approximate surface area is 136 Å². The van der Waals surface area contributed by atoms with Gasteiger partial charge in [-0.2, -0.15) is 0 Å². The standard InChI is InChI=1S/C15H23N3OS2/c1-5-21-12-8-6-7-11(14(12)15(16)20)18(4)9-13(19)17-10(2)3/h6-8,10H,5,9H2,1-4H3,(H2,16,20)(H,17,19). The number of carbonyl (C=O) groups is 1. The molecule has 0 aliphatic carbocycles.